The number of nitrogens with zero attached hydrogens (tertiary/aromatic N) is 2. The van der Waals surface area contributed by atoms with Crippen molar-refractivity contribution in [1.29, 1.82) is 0 Å². The van der Waals surface area contributed by atoms with E-state index >= 15 is 0 Å². The lowest BCUT2D eigenvalue weighted by Gasteiger charge is -2.25. The van der Waals surface area contributed by atoms with E-state index in [9.17, 15) is 4.79 Å². The molecule has 1 aromatic rings. The lowest BCUT2D eigenvalue weighted by Crippen LogP contribution is -2.40. The molecule has 0 N–H and O–H groups in total. The van der Waals surface area contributed by atoms with E-state index < -0.39 is 0 Å². The van der Waals surface area contributed by atoms with E-state index in [0.29, 0.717) is 18.1 Å². The molecular formula is C15H24Cl2N2O. The summed E-state index contributed by atoms with van der Waals surface area (Å²) >= 11 is 6.13. The smallest absolute Gasteiger partial charge is 0.241 e. The average Bonchev–Trinajstić information content (AvgIpc) is 2.40. The Morgan fingerprint density at radius 3 is 2.20 bits per heavy atom. The summed E-state index contributed by atoms with van der Waals surface area (Å²) in [5.41, 5.74) is 1.90. The number of amides is 1. The zero-order valence-corrected chi connectivity index (χ0v) is 14.2. The number of hydrogen-bond acceptors (Lipinski definition) is 2. The largest absolute Gasteiger partial charge is 0.312 e. The minimum Gasteiger partial charge on any atom is -0.312 e. The fraction of sp³-hybridized carbons (Fsp3) is 0.533. The maximum Gasteiger partial charge on any atom is 0.241 e. The van der Waals surface area contributed by atoms with Gasteiger partial charge in [-0.05, 0) is 44.6 Å². The van der Waals surface area contributed by atoms with Gasteiger partial charge in [-0.1, -0.05) is 31.5 Å². The highest BCUT2D eigenvalue weighted by atomic mass is 35.5. The van der Waals surface area contributed by atoms with Gasteiger partial charge in [-0.3, -0.25) is 9.69 Å². The van der Waals surface area contributed by atoms with Gasteiger partial charge in [0.05, 0.1) is 6.54 Å². The Morgan fingerprint density at radius 1 is 1.15 bits per heavy atom. The molecule has 0 bridgehead atoms. The van der Waals surface area contributed by atoms with Gasteiger partial charge in [0.2, 0.25) is 5.91 Å². The summed E-state index contributed by atoms with van der Waals surface area (Å²) in [6.45, 7) is 10.9. The molecule has 3 nitrogen and oxygen atoms in total. The van der Waals surface area contributed by atoms with Gasteiger partial charge in [0.25, 0.3) is 0 Å². The van der Waals surface area contributed by atoms with Crippen molar-refractivity contribution in [2.24, 2.45) is 0 Å². The van der Waals surface area contributed by atoms with Gasteiger partial charge in [0.15, 0.2) is 0 Å². The first-order chi connectivity index (χ1) is 9.03. The van der Waals surface area contributed by atoms with Gasteiger partial charge in [0.1, 0.15) is 0 Å². The van der Waals surface area contributed by atoms with Crippen molar-refractivity contribution >= 4 is 35.6 Å². The first kappa shape index (κ1) is 19.2. The number of likely N-dealkylation sites (N-methyl/N-ethyl adjacent to an activating group) is 2. The van der Waals surface area contributed by atoms with Crippen LogP contribution < -0.4 is 4.90 Å². The lowest BCUT2D eigenvalue weighted by atomic mass is 10.2. The van der Waals surface area contributed by atoms with Crippen LogP contribution in [0.5, 0.6) is 0 Å². The average molecular weight is 319 g/mol. The third-order valence-corrected chi connectivity index (χ3v) is 3.74. The van der Waals surface area contributed by atoms with Crippen LogP contribution in [0.15, 0.2) is 18.2 Å². The highest BCUT2D eigenvalue weighted by molar-refractivity contribution is 6.31. The molecule has 1 amide bonds. The van der Waals surface area contributed by atoms with Crippen molar-refractivity contribution in [3.8, 4) is 0 Å². The van der Waals surface area contributed by atoms with Crippen LogP contribution >= 0.6 is 24.0 Å². The SMILES string of the molecule is CCN(CC)CC(=O)N(CC)c1ccc(C)c(Cl)c1.Cl. The predicted octanol–water partition coefficient (Wildman–Crippen LogP) is 3.76. The summed E-state index contributed by atoms with van der Waals surface area (Å²) < 4.78 is 0. The molecule has 0 aromatic heterocycles. The Bertz CT molecular complexity index is 434. The molecule has 0 heterocycles. The first-order valence-electron chi connectivity index (χ1n) is 6.82. The van der Waals surface area contributed by atoms with Crippen molar-refractivity contribution in [2.45, 2.75) is 27.7 Å². The standard InChI is InChI=1S/C15H23ClN2O.ClH/c1-5-17(6-2)11-15(19)18(7-3)13-9-8-12(4)14(16)10-13;/h8-10H,5-7,11H2,1-4H3;1H. The zero-order valence-electron chi connectivity index (χ0n) is 12.6. The second-order valence-corrected chi connectivity index (χ2v) is 4.94. The maximum atomic E-state index is 12.3. The number of aryl methyl sites for hydroxylation is 1. The van der Waals surface area contributed by atoms with Crippen molar-refractivity contribution in [3.63, 3.8) is 0 Å². The summed E-state index contributed by atoms with van der Waals surface area (Å²) in [5.74, 6) is 0.117. The van der Waals surface area contributed by atoms with E-state index in [4.69, 9.17) is 11.6 Å². The van der Waals surface area contributed by atoms with E-state index in [1.807, 2.05) is 32.0 Å². The van der Waals surface area contributed by atoms with Gasteiger partial charge >= 0.3 is 0 Å². The monoisotopic (exact) mass is 318 g/mol. The van der Waals surface area contributed by atoms with Crippen LogP contribution in [-0.4, -0.2) is 37.0 Å². The third-order valence-electron chi connectivity index (χ3n) is 3.34. The van der Waals surface area contributed by atoms with Crippen molar-refractivity contribution in [2.75, 3.05) is 31.1 Å². The van der Waals surface area contributed by atoms with Crippen LogP contribution in [0.4, 0.5) is 5.69 Å². The molecule has 0 unspecified atom stereocenters. The van der Waals surface area contributed by atoms with Crippen molar-refractivity contribution in [3.05, 3.63) is 28.8 Å². The summed E-state index contributed by atoms with van der Waals surface area (Å²) in [6, 6.07) is 5.76. The summed E-state index contributed by atoms with van der Waals surface area (Å²) in [7, 11) is 0. The molecule has 1 aromatic carbocycles. The van der Waals surface area contributed by atoms with E-state index in [1.165, 1.54) is 0 Å². The van der Waals surface area contributed by atoms with E-state index in [-0.39, 0.29) is 18.3 Å². The van der Waals surface area contributed by atoms with Crippen LogP contribution in [-0.2, 0) is 4.79 Å². The predicted molar refractivity (Wildman–Crippen MR) is 89.3 cm³/mol. The molecule has 114 valence electrons. The molecule has 5 heteroatoms. The quantitative estimate of drug-likeness (QED) is 0.797. The van der Waals surface area contributed by atoms with Gasteiger partial charge in [-0.15, -0.1) is 12.4 Å². The van der Waals surface area contributed by atoms with Gasteiger partial charge in [-0.25, -0.2) is 0 Å². The highest BCUT2D eigenvalue weighted by Gasteiger charge is 2.16. The Morgan fingerprint density at radius 2 is 1.75 bits per heavy atom. The molecule has 0 fully saturated rings. The summed E-state index contributed by atoms with van der Waals surface area (Å²) in [4.78, 5) is 16.2. The first-order valence-corrected chi connectivity index (χ1v) is 7.20. The molecule has 20 heavy (non-hydrogen) atoms. The van der Waals surface area contributed by atoms with Crippen LogP contribution in [0.25, 0.3) is 0 Å². The van der Waals surface area contributed by atoms with Gasteiger partial charge in [0, 0.05) is 17.3 Å². The molecule has 0 aliphatic carbocycles. The maximum absolute atomic E-state index is 12.3. The Hall–Kier alpha value is -0.770. The van der Waals surface area contributed by atoms with E-state index in [0.717, 1.165) is 24.3 Å². The van der Waals surface area contributed by atoms with Crippen LogP contribution in [0.1, 0.15) is 26.3 Å². The molecule has 0 saturated carbocycles. The topological polar surface area (TPSA) is 23.6 Å². The fourth-order valence-electron chi connectivity index (χ4n) is 1.98. The zero-order chi connectivity index (χ0) is 14.4. The molecule has 0 radical (unpaired) electrons. The van der Waals surface area contributed by atoms with Crippen LogP contribution in [0.2, 0.25) is 5.02 Å². The van der Waals surface area contributed by atoms with Gasteiger partial charge in [-0.2, -0.15) is 0 Å². The normalized spacial score (nSPS) is 10.3. The Labute approximate surface area is 133 Å². The number of hydrogen-bond donors (Lipinski definition) is 0. The number of halogens is 2. The fourth-order valence-corrected chi connectivity index (χ4v) is 2.15. The summed E-state index contributed by atoms with van der Waals surface area (Å²) in [5, 5.41) is 0.701. The second kappa shape index (κ2) is 9.22. The Balaban J connectivity index is 0.00000361. The molecule has 0 aliphatic heterocycles. The van der Waals surface area contributed by atoms with Crippen molar-refractivity contribution < 1.29 is 4.79 Å². The molecule has 0 atom stereocenters. The van der Waals surface area contributed by atoms with Crippen LogP contribution in [0, 0.1) is 6.92 Å². The van der Waals surface area contributed by atoms with Crippen molar-refractivity contribution in [1.82, 2.24) is 4.90 Å². The molecule has 0 spiro atoms. The summed E-state index contributed by atoms with van der Waals surface area (Å²) in [6.07, 6.45) is 0. The molecular weight excluding hydrogens is 295 g/mol. The lowest BCUT2D eigenvalue weighted by molar-refractivity contribution is -0.119. The number of carbonyl (C=O) groups excluding carboxylic acids is 1. The highest BCUT2D eigenvalue weighted by Crippen LogP contribution is 2.23. The molecule has 1 rings (SSSR count). The second-order valence-electron chi connectivity index (χ2n) is 4.53. The molecule has 0 saturated heterocycles. The van der Waals surface area contributed by atoms with E-state index in [2.05, 4.69) is 18.7 Å². The number of benzene rings is 1. The number of carbonyl (C=O) groups is 1. The molecule has 0 aliphatic rings. The third kappa shape index (κ3) is 4.97. The Kier molecular flexibility index (Phi) is 8.86. The van der Waals surface area contributed by atoms with E-state index in [1.54, 1.807) is 4.90 Å². The van der Waals surface area contributed by atoms with Gasteiger partial charge < -0.3 is 4.90 Å². The number of rotatable bonds is 6. The minimum absolute atomic E-state index is 0. The number of anilines is 1. The van der Waals surface area contributed by atoms with Crippen LogP contribution in [0.3, 0.4) is 0 Å². The minimum atomic E-state index is 0.